The number of aliphatic carboxylic acids is 1. The van der Waals surface area contributed by atoms with Gasteiger partial charge in [0.1, 0.15) is 0 Å². The zero-order chi connectivity index (χ0) is 15.1. The van der Waals surface area contributed by atoms with Crippen LogP contribution in [0.25, 0.3) is 5.69 Å². The summed E-state index contributed by atoms with van der Waals surface area (Å²) in [6.45, 7) is 0.609. The van der Waals surface area contributed by atoms with E-state index < -0.39 is 5.97 Å². The highest BCUT2D eigenvalue weighted by Crippen LogP contribution is 2.16. The molecule has 5 heteroatoms. The second kappa shape index (κ2) is 7.59. The van der Waals surface area contributed by atoms with Gasteiger partial charge in [-0.05, 0) is 43.5 Å². The van der Waals surface area contributed by atoms with E-state index in [1.165, 1.54) is 0 Å². The molecule has 2 rings (SSSR count). The highest BCUT2D eigenvalue weighted by atomic mass is 16.4. The van der Waals surface area contributed by atoms with Crippen molar-refractivity contribution in [1.82, 2.24) is 9.78 Å². The van der Waals surface area contributed by atoms with Gasteiger partial charge in [0.25, 0.3) is 0 Å². The number of benzene rings is 1. The van der Waals surface area contributed by atoms with Gasteiger partial charge in [-0.2, -0.15) is 5.10 Å². The van der Waals surface area contributed by atoms with Crippen molar-refractivity contribution >= 4 is 5.97 Å². The lowest BCUT2D eigenvalue weighted by Crippen LogP contribution is -2.16. The summed E-state index contributed by atoms with van der Waals surface area (Å²) < 4.78 is 1.77. The maximum absolute atomic E-state index is 11.3. The molecule has 0 radical (unpaired) electrons. The first kappa shape index (κ1) is 15.3. The van der Waals surface area contributed by atoms with Gasteiger partial charge in [-0.3, -0.25) is 4.79 Å². The predicted molar refractivity (Wildman–Crippen MR) is 81.3 cm³/mol. The maximum Gasteiger partial charge on any atom is 0.306 e. The van der Waals surface area contributed by atoms with E-state index in [1.54, 1.807) is 10.9 Å². The standard InChI is InChI=1S/C16H21N3O2/c17-9-5-4-6-14(16(20)21)10-13-11-18-19(12-13)15-7-2-1-3-8-15/h1-3,7-8,11-12,14H,4-6,9-10,17H2,(H,20,21). The van der Waals surface area contributed by atoms with Crippen molar-refractivity contribution in [2.75, 3.05) is 6.54 Å². The number of carbonyl (C=O) groups is 1. The molecule has 0 aliphatic heterocycles. The number of nitrogens with two attached hydrogens (primary N) is 1. The molecule has 1 heterocycles. The predicted octanol–water partition coefficient (Wildman–Crippen LogP) is 2.24. The van der Waals surface area contributed by atoms with Gasteiger partial charge in [0.2, 0.25) is 0 Å². The third-order valence-corrected chi connectivity index (χ3v) is 3.49. The number of nitrogens with zero attached hydrogens (tertiary/aromatic N) is 2. The number of unbranched alkanes of at least 4 members (excludes halogenated alkanes) is 1. The number of aromatic nitrogens is 2. The van der Waals surface area contributed by atoms with Crippen molar-refractivity contribution in [3.8, 4) is 5.69 Å². The summed E-state index contributed by atoms with van der Waals surface area (Å²) >= 11 is 0. The molecule has 0 spiro atoms. The van der Waals surface area contributed by atoms with Crippen LogP contribution in [-0.2, 0) is 11.2 Å². The largest absolute Gasteiger partial charge is 0.481 e. The van der Waals surface area contributed by atoms with Crippen molar-refractivity contribution in [3.63, 3.8) is 0 Å². The van der Waals surface area contributed by atoms with Crippen LogP contribution in [0.15, 0.2) is 42.7 Å². The first-order valence-electron chi connectivity index (χ1n) is 7.22. The van der Waals surface area contributed by atoms with Gasteiger partial charge in [-0.1, -0.05) is 24.6 Å². The molecule has 0 saturated carbocycles. The average molecular weight is 287 g/mol. The van der Waals surface area contributed by atoms with Gasteiger partial charge in [-0.15, -0.1) is 0 Å². The average Bonchev–Trinajstić information content (AvgIpc) is 2.96. The van der Waals surface area contributed by atoms with E-state index in [4.69, 9.17) is 5.73 Å². The van der Waals surface area contributed by atoms with E-state index in [0.717, 1.165) is 24.1 Å². The molecule has 0 aliphatic carbocycles. The number of carboxylic acids is 1. The molecule has 3 N–H and O–H groups in total. The van der Waals surface area contributed by atoms with Gasteiger partial charge in [0.15, 0.2) is 0 Å². The van der Waals surface area contributed by atoms with Crippen LogP contribution in [0, 0.1) is 5.92 Å². The summed E-state index contributed by atoms with van der Waals surface area (Å²) in [5.41, 5.74) is 7.36. The lowest BCUT2D eigenvalue weighted by Gasteiger charge is -2.10. The lowest BCUT2D eigenvalue weighted by molar-refractivity contribution is -0.142. The van der Waals surface area contributed by atoms with Crippen molar-refractivity contribution < 1.29 is 9.90 Å². The summed E-state index contributed by atoms with van der Waals surface area (Å²) in [5, 5.41) is 13.6. The Morgan fingerprint density at radius 2 is 2.05 bits per heavy atom. The quantitative estimate of drug-likeness (QED) is 0.730. The number of para-hydroxylation sites is 1. The molecule has 5 nitrogen and oxygen atoms in total. The lowest BCUT2D eigenvalue weighted by atomic mass is 9.96. The highest BCUT2D eigenvalue weighted by Gasteiger charge is 2.18. The molecule has 0 fully saturated rings. The van der Waals surface area contributed by atoms with Crippen LogP contribution in [0.3, 0.4) is 0 Å². The molecule has 0 aliphatic rings. The van der Waals surface area contributed by atoms with Gasteiger partial charge < -0.3 is 10.8 Å². The van der Waals surface area contributed by atoms with E-state index in [0.29, 0.717) is 19.4 Å². The summed E-state index contributed by atoms with van der Waals surface area (Å²) in [6.07, 6.45) is 6.52. The molecule has 1 unspecified atom stereocenters. The SMILES string of the molecule is NCCCCC(Cc1cnn(-c2ccccc2)c1)C(=O)O. The van der Waals surface area contributed by atoms with Gasteiger partial charge in [-0.25, -0.2) is 4.68 Å². The van der Waals surface area contributed by atoms with Crippen molar-refractivity contribution in [2.45, 2.75) is 25.7 Å². The molecule has 1 atom stereocenters. The highest BCUT2D eigenvalue weighted by molar-refractivity contribution is 5.70. The molecule has 2 aromatic rings. The van der Waals surface area contributed by atoms with Crippen LogP contribution >= 0.6 is 0 Å². The molecular weight excluding hydrogens is 266 g/mol. The number of rotatable bonds is 8. The second-order valence-electron chi connectivity index (χ2n) is 5.15. The Bertz CT molecular complexity index is 566. The fraction of sp³-hybridized carbons (Fsp3) is 0.375. The maximum atomic E-state index is 11.3. The van der Waals surface area contributed by atoms with Gasteiger partial charge in [0.05, 0.1) is 17.8 Å². The van der Waals surface area contributed by atoms with Crippen LogP contribution in [0.2, 0.25) is 0 Å². The Hall–Kier alpha value is -2.14. The minimum Gasteiger partial charge on any atom is -0.481 e. The van der Waals surface area contributed by atoms with Crippen LogP contribution in [0.4, 0.5) is 0 Å². The third kappa shape index (κ3) is 4.43. The molecule has 1 aromatic carbocycles. The van der Waals surface area contributed by atoms with Crippen molar-refractivity contribution in [3.05, 3.63) is 48.3 Å². The Morgan fingerprint density at radius 1 is 1.29 bits per heavy atom. The number of hydrogen-bond acceptors (Lipinski definition) is 3. The first-order valence-corrected chi connectivity index (χ1v) is 7.22. The Balaban J connectivity index is 2.01. The zero-order valence-corrected chi connectivity index (χ0v) is 12.0. The summed E-state index contributed by atoms with van der Waals surface area (Å²) in [4.78, 5) is 11.3. The molecule has 0 saturated heterocycles. The van der Waals surface area contributed by atoms with E-state index in [2.05, 4.69) is 5.10 Å². The summed E-state index contributed by atoms with van der Waals surface area (Å²) in [7, 11) is 0. The molecule has 21 heavy (non-hydrogen) atoms. The first-order chi connectivity index (χ1) is 10.2. The van der Waals surface area contributed by atoms with E-state index in [9.17, 15) is 9.90 Å². The van der Waals surface area contributed by atoms with E-state index >= 15 is 0 Å². The minimum atomic E-state index is -0.750. The second-order valence-corrected chi connectivity index (χ2v) is 5.15. The fourth-order valence-electron chi connectivity index (χ4n) is 2.32. The number of carboxylic acid groups (broad SMARTS) is 1. The topological polar surface area (TPSA) is 81.1 Å². The van der Waals surface area contributed by atoms with Crippen LogP contribution < -0.4 is 5.73 Å². The van der Waals surface area contributed by atoms with Crippen LogP contribution in [0.1, 0.15) is 24.8 Å². The third-order valence-electron chi connectivity index (χ3n) is 3.49. The van der Waals surface area contributed by atoms with Crippen molar-refractivity contribution in [1.29, 1.82) is 0 Å². The zero-order valence-electron chi connectivity index (χ0n) is 12.0. The molecular formula is C16H21N3O2. The van der Waals surface area contributed by atoms with Crippen LogP contribution in [-0.4, -0.2) is 27.4 Å². The Morgan fingerprint density at radius 3 is 2.71 bits per heavy atom. The van der Waals surface area contributed by atoms with Gasteiger partial charge >= 0.3 is 5.97 Å². The fourth-order valence-corrected chi connectivity index (χ4v) is 2.32. The van der Waals surface area contributed by atoms with E-state index in [-0.39, 0.29) is 5.92 Å². The van der Waals surface area contributed by atoms with E-state index in [1.807, 2.05) is 36.5 Å². The van der Waals surface area contributed by atoms with Gasteiger partial charge in [0, 0.05) is 6.20 Å². The molecule has 1 aromatic heterocycles. The molecule has 112 valence electrons. The normalized spacial score (nSPS) is 12.2. The Labute approximate surface area is 124 Å². The summed E-state index contributed by atoms with van der Waals surface area (Å²) in [6, 6.07) is 9.78. The molecule has 0 bridgehead atoms. The number of hydrogen-bond donors (Lipinski definition) is 2. The van der Waals surface area contributed by atoms with Crippen molar-refractivity contribution in [2.24, 2.45) is 11.7 Å². The minimum absolute atomic E-state index is 0.370. The smallest absolute Gasteiger partial charge is 0.306 e. The summed E-state index contributed by atoms with van der Waals surface area (Å²) in [5.74, 6) is -1.12. The molecule has 0 amide bonds. The Kier molecular flexibility index (Phi) is 5.51. The monoisotopic (exact) mass is 287 g/mol. The van der Waals surface area contributed by atoms with Crippen LogP contribution in [0.5, 0.6) is 0 Å².